The van der Waals surface area contributed by atoms with Gasteiger partial charge in [-0.25, -0.2) is 19.6 Å². The number of rotatable bonds is 5. The molecule has 2 saturated heterocycles. The van der Waals surface area contributed by atoms with Crippen LogP contribution in [0.2, 0.25) is 0 Å². The zero-order chi connectivity index (χ0) is 29.6. The Labute approximate surface area is 256 Å². The van der Waals surface area contributed by atoms with Gasteiger partial charge in [0.2, 0.25) is 0 Å². The van der Waals surface area contributed by atoms with Crippen LogP contribution in [0.5, 0.6) is 0 Å². The number of aromatic amines is 1. The highest BCUT2D eigenvalue weighted by atomic mass is 32.1. The highest BCUT2D eigenvalue weighted by molar-refractivity contribution is 7.13. The van der Waals surface area contributed by atoms with Crippen molar-refractivity contribution in [1.82, 2.24) is 29.7 Å². The van der Waals surface area contributed by atoms with Crippen LogP contribution >= 0.6 is 11.3 Å². The van der Waals surface area contributed by atoms with Crippen molar-refractivity contribution in [2.45, 2.75) is 25.5 Å². The molecule has 2 aliphatic heterocycles. The lowest BCUT2D eigenvalue weighted by Crippen LogP contribution is -2.36. The minimum atomic E-state index is -0.314. The van der Waals surface area contributed by atoms with Crippen molar-refractivity contribution in [2.75, 3.05) is 43.5 Å². The van der Waals surface area contributed by atoms with Gasteiger partial charge in [0, 0.05) is 59.5 Å². The molecule has 8 rings (SSSR count). The van der Waals surface area contributed by atoms with E-state index in [0.29, 0.717) is 35.6 Å². The van der Waals surface area contributed by atoms with E-state index < -0.39 is 0 Å². The van der Waals surface area contributed by atoms with E-state index in [1.807, 2.05) is 52.7 Å². The van der Waals surface area contributed by atoms with E-state index in [1.165, 1.54) is 11.3 Å². The highest BCUT2D eigenvalue weighted by Gasteiger charge is 2.23. The Balaban J connectivity index is 1.30. The number of nitrogen functional groups attached to an aromatic ring is 1. The maximum atomic E-state index is 13.9. The molecule has 1 atom stereocenters. The third-order valence-electron chi connectivity index (χ3n) is 8.40. The molecular weight excluding hydrogens is 576 g/mol. The van der Waals surface area contributed by atoms with Crippen LogP contribution in [0.25, 0.3) is 54.9 Å². The lowest BCUT2D eigenvalue weighted by molar-refractivity contribution is -0.0366. The normalized spacial score (nSPS) is 17.5. The molecule has 0 saturated carbocycles. The van der Waals surface area contributed by atoms with E-state index in [9.17, 15) is 4.79 Å². The fraction of sp³-hybridized carbons (Fsp3) is 0.281. The fourth-order valence-corrected chi connectivity index (χ4v) is 6.86. The number of morpholine rings is 1. The largest absolute Gasteiger partial charge is 0.398 e. The SMILES string of the molecule is Nc1c(-c2cccc3c2cnn3C2CCCCO2)cc(-c2nccs2)c2nc(-c3ccnc(N4CCOCC4)c3)[nH]c(=O)c12. The Bertz CT molecular complexity index is 2040. The highest BCUT2D eigenvalue weighted by Crippen LogP contribution is 2.41. The summed E-state index contributed by atoms with van der Waals surface area (Å²) in [5.74, 6) is 1.26. The molecular formula is C32H30N8O3S. The Morgan fingerprint density at radius 3 is 2.73 bits per heavy atom. The van der Waals surface area contributed by atoms with Gasteiger partial charge in [0.25, 0.3) is 5.56 Å². The number of nitrogens with two attached hydrogens (primary N) is 1. The second kappa shape index (κ2) is 11.1. The van der Waals surface area contributed by atoms with Crippen LogP contribution < -0.4 is 16.2 Å². The first-order valence-corrected chi connectivity index (χ1v) is 15.7. The van der Waals surface area contributed by atoms with Crippen LogP contribution in [0.1, 0.15) is 25.5 Å². The number of anilines is 2. The van der Waals surface area contributed by atoms with Crippen LogP contribution in [0.3, 0.4) is 0 Å². The van der Waals surface area contributed by atoms with E-state index in [0.717, 1.165) is 82.9 Å². The van der Waals surface area contributed by atoms with Gasteiger partial charge < -0.3 is 25.1 Å². The average molecular weight is 607 g/mol. The number of ether oxygens (including phenoxy) is 2. The third-order valence-corrected chi connectivity index (χ3v) is 9.21. The van der Waals surface area contributed by atoms with Crippen molar-refractivity contribution in [3.63, 3.8) is 0 Å². The minimum Gasteiger partial charge on any atom is -0.398 e. The monoisotopic (exact) mass is 606 g/mol. The van der Waals surface area contributed by atoms with Crippen molar-refractivity contribution < 1.29 is 9.47 Å². The summed E-state index contributed by atoms with van der Waals surface area (Å²) in [6.07, 6.45) is 8.34. The number of nitrogens with zero attached hydrogens (tertiary/aromatic N) is 6. The number of H-pyrrole nitrogens is 1. The number of thiazole rings is 1. The maximum Gasteiger partial charge on any atom is 0.261 e. The van der Waals surface area contributed by atoms with Crippen LogP contribution in [-0.4, -0.2) is 62.6 Å². The number of benzene rings is 2. The summed E-state index contributed by atoms with van der Waals surface area (Å²) < 4.78 is 13.5. The van der Waals surface area contributed by atoms with E-state index in [2.05, 4.69) is 19.9 Å². The van der Waals surface area contributed by atoms with Crippen molar-refractivity contribution in [1.29, 1.82) is 0 Å². The second-order valence-corrected chi connectivity index (χ2v) is 11.9. The standard InChI is InChI=1S/C32H30N8O3S/c33-28-21(20-4-3-5-24-23(20)18-36-40(24)26-6-1-2-12-43-26)17-22(32-35-9-15-44-32)29-27(28)31(41)38-30(37-29)19-7-8-34-25(16-19)39-10-13-42-14-11-39/h3-5,7-9,15-18,26H,1-2,6,10-14,33H2,(H,37,38,41). The predicted octanol–water partition coefficient (Wildman–Crippen LogP) is 5.24. The quantitative estimate of drug-likeness (QED) is 0.252. The Kier molecular flexibility index (Phi) is 6.81. The molecule has 6 heterocycles. The van der Waals surface area contributed by atoms with Gasteiger partial charge in [-0.1, -0.05) is 12.1 Å². The second-order valence-electron chi connectivity index (χ2n) is 11.0. The zero-order valence-corrected chi connectivity index (χ0v) is 24.7. The van der Waals surface area contributed by atoms with E-state index in [4.69, 9.17) is 25.3 Å². The molecule has 11 nitrogen and oxygen atoms in total. The molecule has 0 spiro atoms. The van der Waals surface area contributed by atoms with Gasteiger partial charge in [-0.15, -0.1) is 11.3 Å². The van der Waals surface area contributed by atoms with Crippen LogP contribution in [0.4, 0.5) is 11.5 Å². The molecule has 12 heteroatoms. The molecule has 44 heavy (non-hydrogen) atoms. The average Bonchev–Trinajstić information content (AvgIpc) is 3.77. The molecule has 0 amide bonds. The molecule has 2 aliphatic rings. The molecule has 3 N–H and O–H groups in total. The van der Waals surface area contributed by atoms with Crippen LogP contribution in [0, 0.1) is 0 Å². The fourth-order valence-electron chi connectivity index (χ4n) is 6.20. The summed E-state index contributed by atoms with van der Waals surface area (Å²) in [6.45, 7) is 3.54. The summed E-state index contributed by atoms with van der Waals surface area (Å²) in [4.78, 5) is 33.2. The van der Waals surface area contributed by atoms with Crippen LogP contribution in [-0.2, 0) is 9.47 Å². The van der Waals surface area contributed by atoms with Crippen LogP contribution in [0.15, 0.2) is 65.2 Å². The number of hydrogen-bond acceptors (Lipinski definition) is 10. The van der Waals surface area contributed by atoms with Gasteiger partial charge in [0.05, 0.1) is 41.5 Å². The minimum absolute atomic E-state index is 0.0984. The topological polar surface area (TPSA) is 137 Å². The summed E-state index contributed by atoms with van der Waals surface area (Å²) in [5.41, 5.74) is 11.5. The number of nitrogens with one attached hydrogen (secondary N) is 1. The van der Waals surface area contributed by atoms with Crippen molar-refractivity contribution in [2.24, 2.45) is 0 Å². The first kappa shape index (κ1) is 26.9. The summed E-state index contributed by atoms with van der Waals surface area (Å²) in [6, 6.07) is 11.9. The van der Waals surface area contributed by atoms with E-state index >= 15 is 0 Å². The van der Waals surface area contributed by atoms with Gasteiger partial charge in [-0.3, -0.25) is 4.79 Å². The summed E-state index contributed by atoms with van der Waals surface area (Å²) in [5, 5.41) is 8.65. The van der Waals surface area contributed by atoms with Gasteiger partial charge in [-0.2, -0.15) is 5.10 Å². The van der Waals surface area contributed by atoms with Gasteiger partial charge in [0.1, 0.15) is 16.6 Å². The molecule has 0 radical (unpaired) electrons. The molecule has 4 aromatic heterocycles. The smallest absolute Gasteiger partial charge is 0.261 e. The Hall–Kier alpha value is -4.65. The number of aromatic nitrogens is 6. The van der Waals surface area contributed by atoms with Crippen molar-refractivity contribution in [3.8, 4) is 33.1 Å². The van der Waals surface area contributed by atoms with Gasteiger partial charge in [0.15, 0.2) is 6.23 Å². The first-order chi connectivity index (χ1) is 21.7. The van der Waals surface area contributed by atoms with E-state index in [1.54, 1.807) is 12.4 Å². The molecule has 2 fully saturated rings. The number of hydrogen-bond donors (Lipinski definition) is 2. The zero-order valence-electron chi connectivity index (χ0n) is 23.9. The Morgan fingerprint density at radius 2 is 1.91 bits per heavy atom. The van der Waals surface area contributed by atoms with Gasteiger partial charge in [-0.05, 0) is 49.1 Å². The summed E-state index contributed by atoms with van der Waals surface area (Å²) in [7, 11) is 0. The third kappa shape index (κ3) is 4.62. The van der Waals surface area contributed by atoms with Crippen molar-refractivity contribution >= 4 is 44.6 Å². The first-order valence-electron chi connectivity index (χ1n) is 14.8. The lowest BCUT2D eigenvalue weighted by Gasteiger charge is -2.27. The molecule has 6 aromatic rings. The molecule has 0 aliphatic carbocycles. The van der Waals surface area contributed by atoms with Gasteiger partial charge >= 0.3 is 0 Å². The molecule has 2 aromatic carbocycles. The summed E-state index contributed by atoms with van der Waals surface area (Å²) >= 11 is 1.49. The lowest BCUT2D eigenvalue weighted by atomic mass is 9.95. The Morgan fingerprint density at radius 1 is 1.00 bits per heavy atom. The van der Waals surface area contributed by atoms with E-state index in [-0.39, 0.29) is 11.8 Å². The number of fused-ring (bicyclic) bond motifs is 2. The molecule has 1 unspecified atom stereocenters. The number of pyridine rings is 1. The van der Waals surface area contributed by atoms with Crippen molar-refractivity contribution in [3.05, 3.63) is 70.7 Å². The predicted molar refractivity (Wildman–Crippen MR) is 172 cm³/mol. The maximum absolute atomic E-state index is 13.9. The molecule has 0 bridgehead atoms. The molecule has 222 valence electrons.